The average molecular weight is 403 g/mol. The number of benzene rings is 2. The maximum atomic E-state index is 13.1. The van der Waals surface area contributed by atoms with E-state index in [0.29, 0.717) is 15.6 Å². The van der Waals surface area contributed by atoms with Gasteiger partial charge in [-0.05, 0) is 56.3 Å². The molecule has 1 amide bonds. The second kappa shape index (κ2) is 7.46. The zero-order valence-corrected chi connectivity index (χ0v) is 16.9. The van der Waals surface area contributed by atoms with Crippen LogP contribution >= 0.6 is 23.2 Å². The van der Waals surface area contributed by atoms with Crippen molar-refractivity contribution in [2.24, 2.45) is 5.92 Å². The number of amides is 1. The van der Waals surface area contributed by atoms with E-state index in [9.17, 15) is 4.79 Å². The van der Waals surface area contributed by atoms with Crippen molar-refractivity contribution in [1.82, 2.24) is 10.2 Å². The van der Waals surface area contributed by atoms with Crippen LogP contribution in [-0.2, 0) is 0 Å². The quantitative estimate of drug-likeness (QED) is 0.748. The Balaban J connectivity index is 1.71. The van der Waals surface area contributed by atoms with Gasteiger partial charge in [-0.25, -0.2) is 0 Å². The molecule has 2 heterocycles. The van der Waals surface area contributed by atoms with Crippen molar-refractivity contribution in [3.63, 3.8) is 0 Å². The number of hydrogen-bond donors (Lipinski definition) is 1. The molecule has 3 aliphatic rings. The molecule has 2 aromatic carbocycles. The van der Waals surface area contributed by atoms with Gasteiger partial charge in [0.05, 0.1) is 21.7 Å². The predicted molar refractivity (Wildman–Crippen MR) is 110 cm³/mol. The van der Waals surface area contributed by atoms with Crippen LogP contribution in [0.5, 0.6) is 0 Å². The maximum Gasteiger partial charge on any atom is 0.253 e. The second-order valence-electron chi connectivity index (χ2n) is 7.85. The van der Waals surface area contributed by atoms with Crippen LogP contribution in [0, 0.1) is 5.92 Å². The van der Waals surface area contributed by atoms with Crippen molar-refractivity contribution >= 4 is 29.1 Å². The molecule has 2 bridgehead atoms. The Morgan fingerprint density at radius 3 is 2.48 bits per heavy atom. The molecule has 1 saturated carbocycles. The molecular weight excluding hydrogens is 379 g/mol. The van der Waals surface area contributed by atoms with Gasteiger partial charge in [0, 0.05) is 12.1 Å². The van der Waals surface area contributed by atoms with E-state index in [-0.39, 0.29) is 17.5 Å². The third-order valence-electron chi connectivity index (χ3n) is 6.41. The molecule has 5 heteroatoms. The van der Waals surface area contributed by atoms with Gasteiger partial charge in [0.1, 0.15) is 0 Å². The van der Waals surface area contributed by atoms with Gasteiger partial charge in [-0.3, -0.25) is 9.69 Å². The normalized spacial score (nSPS) is 26.0. The van der Waals surface area contributed by atoms with Gasteiger partial charge in [0.2, 0.25) is 0 Å². The van der Waals surface area contributed by atoms with Gasteiger partial charge in [-0.15, -0.1) is 0 Å². The van der Waals surface area contributed by atoms with E-state index in [1.165, 1.54) is 12.8 Å². The smallest absolute Gasteiger partial charge is 0.253 e. The molecule has 0 radical (unpaired) electrons. The number of rotatable bonds is 4. The molecule has 5 rings (SSSR count). The summed E-state index contributed by atoms with van der Waals surface area (Å²) >= 11 is 12.4. The molecule has 2 aliphatic heterocycles. The number of hydrogen-bond acceptors (Lipinski definition) is 2. The Hall–Kier alpha value is -1.55. The summed E-state index contributed by atoms with van der Waals surface area (Å²) in [5.74, 6) is 0.609. The van der Waals surface area contributed by atoms with Crippen LogP contribution in [0.2, 0.25) is 10.0 Å². The van der Waals surface area contributed by atoms with Crippen molar-refractivity contribution in [2.45, 2.75) is 37.3 Å². The lowest BCUT2D eigenvalue weighted by molar-refractivity contribution is -0.0404. The number of nitrogens with zero attached hydrogens (tertiary/aromatic N) is 1. The zero-order valence-electron chi connectivity index (χ0n) is 15.4. The lowest BCUT2D eigenvalue weighted by Gasteiger charge is -2.57. The van der Waals surface area contributed by atoms with E-state index in [1.54, 1.807) is 18.2 Å². The van der Waals surface area contributed by atoms with E-state index in [1.807, 2.05) is 18.2 Å². The number of halogens is 2. The Labute approximate surface area is 170 Å². The average Bonchev–Trinajstić information content (AvgIpc) is 2.69. The highest BCUT2D eigenvalue weighted by Gasteiger charge is 2.50. The fraction of sp³-hybridized carbons (Fsp3) is 0.409. The monoisotopic (exact) mass is 402 g/mol. The highest BCUT2D eigenvalue weighted by atomic mass is 35.5. The summed E-state index contributed by atoms with van der Waals surface area (Å²) in [6, 6.07) is 15.4. The molecule has 3 nitrogen and oxygen atoms in total. The Bertz CT molecular complexity index is 831. The lowest BCUT2D eigenvalue weighted by Crippen LogP contribution is -2.62. The van der Waals surface area contributed by atoms with E-state index in [4.69, 9.17) is 23.2 Å². The van der Waals surface area contributed by atoms with Crippen LogP contribution in [0.15, 0.2) is 48.5 Å². The number of nitrogens with one attached hydrogen (secondary N) is 1. The van der Waals surface area contributed by atoms with Crippen molar-refractivity contribution in [1.29, 1.82) is 0 Å². The molecular formula is C22H24Cl2N2O. The Morgan fingerprint density at radius 2 is 1.81 bits per heavy atom. The molecule has 27 heavy (non-hydrogen) atoms. The SMILES string of the molecule is CN1CC2CCC1([C@@H](NC(=O)c1cccc(Cl)c1Cl)c1ccccc1)CC2. The standard InChI is InChI=1S/C22H24Cl2N2O/c1-26-14-15-10-12-22(26,13-11-15)20(16-6-3-2-4-7-16)25-21(27)17-8-5-9-18(23)19(17)24/h2-9,15,20H,10-14H2,1H3,(H,25,27)/t15?,20-,22?/m0/s1. The number of piperidine rings is 2. The minimum Gasteiger partial charge on any atom is -0.343 e. The lowest BCUT2D eigenvalue weighted by atomic mass is 9.66. The second-order valence-corrected chi connectivity index (χ2v) is 8.63. The minimum absolute atomic E-state index is 0.0587. The first-order valence-corrected chi connectivity index (χ1v) is 10.3. The van der Waals surface area contributed by atoms with Gasteiger partial charge in [0.15, 0.2) is 0 Å². The molecule has 3 fully saturated rings. The molecule has 0 aromatic heterocycles. The van der Waals surface area contributed by atoms with Crippen LogP contribution in [-0.4, -0.2) is 29.9 Å². The first-order valence-electron chi connectivity index (χ1n) is 9.52. The Morgan fingerprint density at radius 1 is 1.11 bits per heavy atom. The summed E-state index contributed by atoms with van der Waals surface area (Å²) in [5, 5.41) is 4.01. The van der Waals surface area contributed by atoms with Gasteiger partial charge in [-0.2, -0.15) is 0 Å². The number of fused-ring (bicyclic) bond motifs is 3. The molecule has 142 valence electrons. The third-order valence-corrected chi connectivity index (χ3v) is 7.22. The number of carbonyl (C=O) groups excluding carboxylic acids is 1. The van der Waals surface area contributed by atoms with Crippen molar-refractivity contribution in [2.75, 3.05) is 13.6 Å². The van der Waals surface area contributed by atoms with E-state index >= 15 is 0 Å². The number of likely N-dealkylation sites (N-methyl/N-ethyl adjacent to an activating group) is 1. The molecule has 0 unspecified atom stereocenters. The summed E-state index contributed by atoms with van der Waals surface area (Å²) in [4.78, 5) is 15.6. The molecule has 0 spiro atoms. The summed E-state index contributed by atoms with van der Waals surface area (Å²) in [6.45, 7) is 1.09. The number of carbonyl (C=O) groups is 1. The van der Waals surface area contributed by atoms with E-state index in [2.05, 4.69) is 29.4 Å². The summed E-state index contributed by atoms with van der Waals surface area (Å²) in [7, 11) is 2.19. The third kappa shape index (κ3) is 3.37. The predicted octanol–water partition coefficient (Wildman–Crippen LogP) is 5.34. The van der Waals surface area contributed by atoms with Gasteiger partial charge in [0.25, 0.3) is 5.91 Å². The van der Waals surface area contributed by atoms with Crippen molar-refractivity contribution < 1.29 is 4.79 Å². The molecule has 1 aliphatic carbocycles. The molecule has 2 aromatic rings. The van der Waals surface area contributed by atoms with Crippen molar-refractivity contribution in [3.8, 4) is 0 Å². The Kier molecular flexibility index (Phi) is 5.19. The van der Waals surface area contributed by atoms with Crippen molar-refractivity contribution in [3.05, 3.63) is 69.7 Å². The first kappa shape index (κ1) is 18.8. The van der Waals surface area contributed by atoms with Crippen LogP contribution in [0.25, 0.3) is 0 Å². The first-order chi connectivity index (χ1) is 13.0. The van der Waals surface area contributed by atoms with E-state index in [0.717, 1.165) is 30.9 Å². The van der Waals surface area contributed by atoms with Gasteiger partial charge >= 0.3 is 0 Å². The fourth-order valence-corrected chi connectivity index (χ4v) is 5.27. The highest BCUT2D eigenvalue weighted by Crippen LogP contribution is 2.49. The highest BCUT2D eigenvalue weighted by molar-refractivity contribution is 6.43. The summed E-state index contributed by atoms with van der Waals surface area (Å²) in [6.07, 6.45) is 4.64. The molecule has 1 atom stereocenters. The van der Waals surface area contributed by atoms with Crippen LogP contribution in [0.1, 0.15) is 47.6 Å². The van der Waals surface area contributed by atoms with E-state index < -0.39 is 0 Å². The molecule has 1 N–H and O–H groups in total. The van der Waals surface area contributed by atoms with Crippen LogP contribution in [0.4, 0.5) is 0 Å². The summed E-state index contributed by atoms with van der Waals surface area (Å²) < 4.78 is 0. The molecule has 2 saturated heterocycles. The van der Waals surface area contributed by atoms with Crippen LogP contribution in [0.3, 0.4) is 0 Å². The van der Waals surface area contributed by atoms with Crippen LogP contribution < -0.4 is 5.32 Å². The minimum atomic E-state index is -0.174. The largest absolute Gasteiger partial charge is 0.343 e. The zero-order chi connectivity index (χ0) is 19.0. The topological polar surface area (TPSA) is 32.3 Å². The summed E-state index contributed by atoms with van der Waals surface area (Å²) in [5.41, 5.74) is 1.50. The van der Waals surface area contributed by atoms with Gasteiger partial charge < -0.3 is 5.32 Å². The maximum absolute atomic E-state index is 13.1. The van der Waals surface area contributed by atoms with Gasteiger partial charge in [-0.1, -0.05) is 59.6 Å². The fourth-order valence-electron chi connectivity index (χ4n) is 4.88.